The Bertz CT molecular complexity index is 368. The molecule has 1 aliphatic rings. The fraction of sp³-hybridized carbons (Fsp3) is 0.364. The molecule has 80 valence electrons. The van der Waals surface area contributed by atoms with Crippen molar-refractivity contribution in [1.82, 2.24) is 4.84 Å². The molecule has 4 heteroatoms. The number of hydrogen-bond donors (Lipinski definition) is 2. The maximum Gasteiger partial charge on any atom is 0.228 e. The van der Waals surface area contributed by atoms with Gasteiger partial charge in [-0.05, 0) is 29.7 Å². The van der Waals surface area contributed by atoms with Crippen molar-refractivity contribution >= 4 is 17.7 Å². The van der Waals surface area contributed by atoms with Crippen LogP contribution in [0.4, 0.5) is 0 Å². The Morgan fingerprint density at radius 3 is 2.73 bits per heavy atom. The van der Waals surface area contributed by atoms with E-state index in [0.717, 1.165) is 12.0 Å². The van der Waals surface area contributed by atoms with Gasteiger partial charge in [-0.25, -0.2) is 4.84 Å². The summed E-state index contributed by atoms with van der Waals surface area (Å²) >= 11 is 5.45. The van der Waals surface area contributed by atoms with E-state index in [4.69, 9.17) is 17.5 Å². The first-order chi connectivity index (χ1) is 7.21. The van der Waals surface area contributed by atoms with Crippen molar-refractivity contribution in [1.29, 1.82) is 0 Å². The summed E-state index contributed by atoms with van der Waals surface area (Å²) in [5.41, 5.74) is 5.97. The predicted octanol–water partition coefficient (Wildman–Crippen LogP) is 1.17. The van der Waals surface area contributed by atoms with E-state index in [1.54, 1.807) is 0 Å². The number of amides is 1. The summed E-state index contributed by atoms with van der Waals surface area (Å²) in [6, 6.07) is 9.65. The van der Waals surface area contributed by atoms with Crippen LogP contribution in [0.2, 0.25) is 0 Å². The highest BCUT2D eigenvalue weighted by Crippen LogP contribution is 2.53. The van der Waals surface area contributed by atoms with E-state index in [9.17, 15) is 4.79 Å². The van der Waals surface area contributed by atoms with E-state index < -0.39 is 5.41 Å². The van der Waals surface area contributed by atoms with Gasteiger partial charge in [0.1, 0.15) is 0 Å². The molecule has 1 fully saturated rings. The zero-order valence-electron chi connectivity index (χ0n) is 8.24. The first-order valence-corrected chi connectivity index (χ1v) is 5.28. The van der Waals surface area contributed by atoms with Gasteiger partial charge in [-0.1, -0.05) is 30.3 Å². The van der Waals surface area contributed by atoms with Crippen molar-refractivity contribution in [3.05, 3.63) is 35.9 Å². The van der Waals surface area contributed by atoms with E-state index in [-0.39, 0.29) is 11.8 Å². The molecule has 0 heterocycles. The van der Waals surface area contributed by atoms with Crippen molar-refractivity contribution in [2.24, 2.45) is 11.7 Å². The van der Waals surface area contributed by atoms with Gasteiger partial charge in [0, 0.05) is 6.54 Å². The van der Waals surface area contributed by atoms with E-state index in [1.165, 1.54) is 0 Å². The third-order valence-electron chi connectivity index (χ3n) is 3.16. The minimum atomic E-state index is -0.497. The van der Waals surface area contributed by atoms with Gasteiger partial charge in [-0.15, -0.1) is 0 Å². The van der Waals surface area contributed by atoms with Gasteiger partial charge in [0.15, 0.2) is 0 Å². The largest absolute Gasteiger partial charge is 0.369 e. The number of benzene rings is 1. The summed E-state index contributed by atoms with van der Waals surface area (Å²) < 4.78 is 0. The van der Waals surface area contributed by atoms with Crippen molar-refractivity contribution in [2.75, 3.05) is 6.54 Å². The number of carbonyl (C=O) groups is 1. The van der Waals surface area contributed by atoms with E-state index in [0.29, 0.717) is 6.54 Å². The topological polar surface area (TPSA) is 55.1 Å². The van der Waals surface area contributed by atoms with Crippen molar-refractivity contribution in [2.45, 2.75) is 11.8 Å². The zero-order chi connectivity index (χ0) is 10.9. The first kappa shape index (κ1) is 10.5. The van der Waals surface area contributed by atoms with Gasteiger partial charge in [0.25, 0.3) is 0 Å². The lowest BCUT2D eigenvalue weighted by molar-refractivity contribution is -0.120. The molecule has 3 N–H and O–H groups in total. The van der Waals surface area contributed by atoms with Crippen LogP contribution in [0.5, 0.6) is 0 Å². The quantitative estimate of drug-likeness (QED) is 0.755. The lowest BCUT2D eigenvalue weighted by atomic mass is 9.92. The zero-order valence-corrected chi connectivity index (χ0v) is 9.00. The highest BCUT2D eigenvalue weighted by atomic mass is 35.5. The third-order valence-corrected chi connectivity index (χ3v) is 3.31. The molecular formula is C11H13ClN2O. The summed E-state index contributed by atoms with van der Waals surface area (Å²) in [4.78, 5) is 14.1. The van der Waals surface area contributed by atoms with Gasteiger partial charge < -0.3 is 5.73 Å². The minimum absolute atomic E-state index is 0.217. The molecule has 1 unspecified atom stereocenters. The van der Waals surface area contributed by atoms with Crippen LogP contribution in [-0.4, -0.2) is 12.5 Å². The molecule has 1 saturated carbocycles. The normalized spacial score (nSPS) is 28.7. The van der Waals surface area contributed by atoms with Gasteiger partial charge in [-0.2, -0.15) is 0 Å². The lowest BCUT2D eigenvalue weighted by Gasteiger charge is -2.13. The van der Waals surface area contributed by atoms with Crippen LogP contribution in [-0.2, 0) is 10.2 Å². The molecule has 0 spiro atoms. The van der Waals surface area contributed by atoms with Crippen LogP contribution in [0.15, 0.2) is 30.3 Å². The maximum absolute atomic E-state index is 11.5. The minimum Gasteiger partial charge on any atom is -0.369 e. The first-order valence-electron chi connectivity index (χ1n) is 4.90. The SMILES string of the molecule is NC(=O)[C@@]1(c2ccccc2)CC1CNCl. The van der Waals surface area contributed by atoms with Crippen LogP contribution < -0.4 is 10.6 Å². The summed E-state index contributed by atoms with van der Waals surface area (Å²) in [7, 11) is 0. The van der Waals surface area contributed by atoms with Crippen LogP contribution >= 0.6 is 11.8 Å². The Labute approximate surface area is 93.7 Å². The maximum atomic E-state index is 11.5. The molecule has 2 rings (SSSR count). The van der Waals surface area contributed by atoms with Crippen LogP contribution in [0.1, 0.15) is 12.0 Å². The Hall–Kier alpha value is -1.06. The summed E-state index contributed by atoms with van der Waals surface area (Å²) in [5.74, 6) is -0.0412. The average molecular weight is 225 g/mol. The second kappa shape index (κ2) is 3.83. The van der Waals surface area contributed by atoms with E-state index in [1.807, 2.05) is 30.3 Å². The van der Waals surface area contributed by atoms with Gasteiger partial charge in [0.2, 0.25) is 5.91 Å². The highest BCUT2D eigenvalue weighted by Gasteiger charge is 2.59. The molecule has 1 amide bonds. The number of rotatable bonds is 4. The molecule has 0 saturated heterocycles. The summed E-state index contributed by atoms with van der Waals surface area (Å²) in [6.45, 7) is 0.611. The number of nitrogens with one attached hydrogen (secondary N) is 1. The number of halogens is 1. The van der Waals surface area contributed by atoms with Gasteiger partial charge >= 0.3 is 0 Å². The van der Waals surface area contributed by atoms with Crippen LogP contribution in [0, 0.1) is 5.92 Å². The molecule has 0 radical (unpaired) electrons. The molecule has 15 heavy (non-hydrogen) atoms. The number of hydrogen-bond acceptors (Lipinski definition) is 2. The molecular weight excluding hydrogens is 212 g/mol. The summed E-state index contributed by atoms with van der Waals surface area (Å²) in [6.07, 6.45) is 0.784. The van der Waals surface area contributed by atoms with Crippen LogP contribution in [0.3, 0.4) is 0 Å². The third kappa shape index (κ3) is 1.62. The Kier molecular flexibility index (Phi) is 2.67. The number of primary amides is 1. The summed E-state index contributed by atoms with van der Waals surface area (Å²) in [5, 5.41) is 0. The molecule has 0 aromatic heterocycles. The monoisotopic (exact) mass is 224 g/mol. The second-order valence-corrected chi connectivity index (χ2v) is 4.21. The van der Waals surface area contributed by atoms with Gasteiger partial charge in [0.05, 0.1) is 5.41 Å². The number of carbonyl (C=O) groups excluding carboxylic acids is 1. The van der Waals surface area contributed by atoms with Crippen LogP contribution in [0.25, 0.3) is 0 Å². The Morgan fingerprint density at radius 2 is 2.20 bits per heavy atom. The van der Waals surface area contributed by atoms with Crippen molar-refractivity contribution in [3.63, 3.8) is 0 Å². The van der Waals surface area contributed by atoms with E-state index >= 15 is 0 Å². The highest BCUT2D eigenvalue weighted by molar-refractivity contribution is 6.13. The predicted molar refractivity (Wildman–Crippen MR) is 59.3 cm³/mol. The Balaban J connectivity index is 2.28. The Morgan fingerprint density at radius 1 is 1.53 bits per heavy atom. The molecule has 3 nitrogen and oxygen atoms in total. The average Bonchev–Trinajstić information content (AvgIpc) is 2.96. The smallest absolute Gasteiger partial charge is 0.228 e. The molecule has 1 aliphatic carbocycles. The second-order valence-electron chi connectivity index (χ2n) is 3.94. The van der Waals surface area contributed by atoms with Crippen molar-refractivity contribution < 1.29 is 4.79 Å². The standard InChI is InChI=1S/C11H13ClN2O/c12-14-7-9-6-11(9,10(13)15)8-4-2-1-3-5-8/h1-5,9,14H,6-7H2,(H2,13,15)/t9?,11-/m1/s1. The van der Waals surface area contributed by atoms with Crippen molar-refractivity contribution in [3.8, 4) is 0 Å². The molecule has 0 bridgehead atoms. The fourth-order valence-electron chi connectivity index (χ4n) is 2.20. The molecule has 1 aromatic carbocycles. The molecule has 1 aromatic rings. The molecule has 2 atom stereocenters. The number of nitrogens with two attached hydrogens (primary N) is 1. The fourth-order valence-corrected chi connectivity index (χ4v) is 2.39. The van der Waals surface area contributed by atoms with Gasteiger partial charge in [-0.3, -0.25) is 4.79 Å². The lowest BCUT2D eigenvalue weighted by Crippen LogP contribution is -2.32. The van der Waals surface area contributed by atoms with E-state index in [2.05, 4.69) is 4.84 Å². The molecule has 0 aliphatic heterocycles.